The first-order chi connectivity index (χ1) is 12.5. The minimum Gasteiger partial charge on any atom is -0.378 e. The highest BCUT2D eigenvalue weighted by Crippen LogP contribution is 2.22. The smallest absolute Gasteiger partial charge is 0.0811 e. The highest BCUT2D eigenvalue weighted by molar-refractivity contribution is 5.80. The molecule has 0 bridgehead atoms. The molecule has 2 heterocycles. The molecule has 1 N–H and O–H groups in total. The molecule has 4 heteroatoms. The number of aliphatic imine (C=N–C) groups is 1. The summed E-state index contributed by atoms with van der Waals surface area (Å²) >= 11 is 0. The Hall–Kier alpha value is -1.94. The maximum atomic E-state index is 5.67. The van der Waals surface area contributed by atoms with Crippen LogP contribution in [0.25, 0.3) is 0 Å². The van der Waals surface area contributed by atoms with E-state index in [0.29, 0.717) is 12.5 Å². The van der Waals surface area contributed by atoms with E-state index in [0.717, 1.165) is 31.6 Å². The number of hydrogen-bond acceptors (Lipinski definition) is 4. The largest absolute Gasteiger partial charge is 0.378 e. The molecule has 1 aliphatic heterocycles. The second-order valence-electron chi connectivity index (χ2n) is 7.24. The molecule has 2 rings (SSSR count). The van der Waals surface area contributed by atoms with Gasteiger partial charge in [-0.2, -0.15) is 0 Å². The van der Waals surface area contributed by atoms with Gasteiger partial charge in [0.15, 0.2) is 0 Å². The van der Waals surface area contributed by atoms with Crippen molar-refractivity contribution in [3.8, 4) is 0 Å². The van der Waals surface area contributed by atoms with Crippen molar-refractivity contribution in [2.45, 2.75) is 72.4 Å². The molecule has 0 saturated heterocycles. The second-order valence-corrected chi connectivity index (χ2v) is 7.24. The van der Waals surface area contributed by atoms with Crippen LogP contribution in [-0.2, 0) is 11.3 Å². The molecule has 4 nitrogen and oxygen atoms in total. The Morgan fingerprint density at radius 1 is 1.35 bits per heavy atom. The first kappa shape index (κ1) is 20.4. The number of aryl methyl sites for hydroxylation is 1. The van der Waals surface area contributed by atoms with Gasteiger partial charge in [-0.15, -0.1) is 0 Å². The molecular weight excluding hydrogens is 322 g/mol. The van der Waals surface area contributed by atoms with Crippen molar-refractivity contribution in [2.75, 3.05) is 6.61 Å². The molecule has 0 fully saturated rings. The van der Waals surface area contributed by atoms with Gasteiger partial charge >= 0.3 is 0 Å². The minimum atomic E-state index is 0.263. The van der Waals surface area contributed by atoms with Crippen LogP contribution >= 0.6 is 0 Å². The quantitative estimate of drug-likeness (QED) is 0.631. The van der Waals surface area contributed by atoms with Crippen LogP contribution in [0.15, 0.2) is 40.8 Å². The van der Waals surface area contributed by atoms with Crippen LogP contribution in [0.4, 0.5) is 0 Å². The van der Waals surface area contributed by atoms with E-state index in [1.54, 1.807) is 0 Å². The number of hydrogen-bond donors (Lipinski definition) is 1. The number of nitrogens with one attached hydrogen (secondary N) is 1. The van der Waals surface area contributed by atoms with Crippen LogP contribution in [0.3, 0.4) is 0 Å². The molecule has 26 heavy (non-hydrogen) atoms. The van der Waals surface area contributed by atoms with E-state index in [4.69, 9.17) is 4.74 Å². The average molecular weight is 356 g/mol. The van der Waals surface area contributed by atoms with Gasteiger partial charge in [0.25, 0.3) is 0 Å². The SMILES string of the molecule is CCC(C)c1cnc(CN=CC2=C(CCOC(C)C)NC=CC2)cc1C. The van der Waals surface area contributed by atoms with Crippen LogP contribution in [0.2, 0.25) is 0 Å². The standard InChI is InChI=1S/C22H33N3O/c1-6-17(4)21-15-25-20(12-18(21)5)14-23-13-19-8-7-10-24-22(19)9-11-26-16(2)3/h7,10,12-13,15-17,24H,6,8-9,11,14H2,1-5H3. The van der Waals surface area contributed by atoms with Crippen LogP contribution in [0.5, 0.6) is 0 Å². The van der Waals surface area contributed by atoms with Gasteiger partial charge in [0.05, 0.1) is 24.9 Å². The third-order valence-corrected chi connectivity index (χ3v) is 4.76. The van der Waals surface area contributed by atoms with E-state index in [-0.39, 0.29) is 6.10 Å². The molecule has 1 aromatic rings. The van der Waals surface area contributed by atoms with E-state index in [2.05, 4.69) is 62.1 Å². The second kappa shape index (κ2) is 10.3. The minimum absolute atomic E-state index is 0.263. The Kier molecular flexibility index (Phi) is 8.05. The van der Waals surface area contributed by atoms with E-state index in [1.807, 2.05) is 18.6 Å². The third-order valence-electron chi connectivity index (χ3n) is 4.76. The lowest BCUT2D eigenvalue weighted by atomic mass is 9.96. The number of ether oxygens (including phenoxy) is 1. The number of pyridine rings is 1. The average Bonchev–Trinajstić information content (AvgIpc) is 2.62. The zero-order chi connectivity index (χ0) is 18.9. The normalized spacial score (nSPS) is 15.8. The van der Waals surface area contributed by atoms with Crippen LogP contribution in [-0.4, -0.2) is 23.9 Å². The summed E-state index contributed by atoms with van der Waals surface area (Å²) in [6.07, 6.45) is 11.3. The van der Waals surface area contributed by atoms with Crippen molar-refractivity contribution >= 4 is 6.21 Å². The Balaban J connectivity index is 1.99. The maximum absolute atomic E-state index is 5.67. The molecule has 0 amide bonds. The van der Waals surface area contributed by atoms with Crippen molar-refractivity contribution in [2.24, 2.45) is 4.99 Å². The van der Waals surface area contributed by atoms with Gasteiger partial charge in [0.2, 0.25) is 0 Å². The van der Waals surface area contributed by atoms with E-state index in [9.17, 15) is 0 Å². The number of dihydropyridines is 1. The Morgan fingerprint density at radius 2 is 2.15 bits per heavy atom. The van der Waals surface area contributed by atoms with Gasteiger partial charge in [-0.3, -0.25) is 9.98 Å². The summed E-state index contributed by atoms with van der Waals surface area (Å²) in [6.45, 7) is 12.1. The number of rotatable bonds is 9. The monoisotopic (exact) mass is 355 g/mol. The van der Waals surface area contributed by atoms with E-state index >= 15 is 0 Å². The summed E-state index contributed by atoms with van der Waals surface area (Å²) in [5, 5.41) is 3.34. The zero-order valence-corrected chi connectivity index (χ0v) is 16.9. The molecule has 0 aromatic carbocycles. The van der Waals surface area contributed by atoms with Crippen molar-refractivity contribution in [3.63, 3.8) is 0 Å². The highest BCUT2D eigenvalue weighted by atomic mass is 16.5. The van der Waals surface area contributed by atoms with Gasteiger partial charge < -0.3 is 10.1 Å². The number of allylic oxidation sites excluding steroid dienone is 2. The topological polar surface area (TPSA) is 46.5 Å². The Bertz CT molecular complexity index is 674. The summed E-state index contributed by atoms with van der Waals surface area (Å²) < 4.78 is 5.67. The summed E-state index contributed by atoms with van der Waals surface area (Å²) in [7, 11) is 0. The fraction of sp³-hybridized carbons (Fsp3) is 0.545. The van der Waals surface area contributed by atoms with E-state index in [1.165, 1.54) is 22.4 Å². The Morgan fingerprint density at radius 3 is 2.85 bits per heavy atom. The Labute approximate surface area is 158 Å². The van der Waals surface area contributed by atoms with Crippen LogP contribution in [0, 0.1) is 6.92 Å². The van der Waals surface area contributed by atoms with Crippen LogP contribution in [0.1, 0.15) is 69.7 Å². The summed E-state index contributed by atoms with van der Waals surface area (Å²) in [6, 6.07) is 2.17. The number of nitrogens with zero attached hydrogens (tertiary/aromatic N) is 2. The molecule has 0 spiro atoms. The molecular formula is C22H33N3O. The first-order valence-corrected chi connectivity index (χ1v) is 9.71. The molecule has 0 saturated carbocycles. The van der Waals surface area contributed by atoms with E-state index < -0.39 is 0 Å². The molecule has 0 radical (unpaired) electrons. The lowest BCUT2D eigenvalue weighted by Gasteiger charge is -2.16. The molecule has 1 aliphatic rings. The van der Waals surface area contributed by atoms with Crippen molar-refractivity contribution in [1.29, 1.82) is 0 Å². The third kappa shape index (κ3) is 6.10. The van der Waals surface area contributed by atoms with Crippen molar-refractivity contribution in [1.82, 2.24) is 10.3 Å². The fourth-order valence-electron chi connectivity index (χ4n) is 3.02. The highest BCUT2D eigenvalue weighted by Gasteiger charge is 2.09. The summed E-state index contributed by atoms with van der Waals surface area (Å²) in [5.74, 6) is 0.556. The fourth-order valence-corrected chi connectivity index (χ4v) is 3.02. The summed E-state index contributed by atoms with van der Waals surface area (Å²) in [4.78, 5) is 9.23. The zero-order valence-electron chi connectivity index (χ0n) is 16.9. The summed E-state index contributed by atoms with van der Waals surface area (Å²) in [5.41, 5.74) is 6.11. The molecule has 1 unspecified atom stereocenters. The predicted molar refractivity (Wildman–Crippen MR) is 109 cm³/mol. The number of aromatic nitrogens is 1. The van der Waals surface area contributed by atoms with Gasteiger partial charge in [-0.25, -0.2) is 0 Å². The van der Waals surface area contributed by atoms with Gasteiger partial charge in [-0.05, 0) is 68.5 Å². The van der Waals surface area contributed by atoms with Gasteiger partial charge in [-0.1, -0.05) is 19.9 Å². The molecule has 1 aromatic heterocycles. The van der Waals surface area contributed by atoms with Crippen molar-refractivity contribution in [3.05, 3.63) is 52.6 Å². The predicted octanol–water partition coefficient (Wildman–Crippen LogP) is 5.05. The molecule has 0 aliphatic carbocycles. The maximum Gasteiger partial charge on any atom is 0.0811 e. The van der Waals surface area contributed by atoms with Gasteiger partial charge in [0.1, 0.15) is 0 Å². The van der Waals surface area contributed by atoms with Crippen LogP contribution < -0.4 is 5.32 Å². The molecule has 1 atom stereocenters. The van der Waals surface area contributed by atoms with Gasteiger partial charge in [0, 0.05) is 24.5 Å². The lowest BCUT2D eigenvalue weighted by molar-refractivity contribution is 0.0807. The first-order valence-electron chi connectivity index (χ1n) is 9.71. The molecule has 142 valence electrons. The lowest BCUT2D eigenvalue weighted by Crippen LogP contribution is -2.16. The van der Waals surface area contributed by atoms with Crippen molar-refractivity contribution < 1.29 is 4.74 Å².